The zero-order chi connectivity index (χ0) is 22.4. The number of hydrogen-bond donors (Lipinski definition) is 4. The number of alkyl halides is 6. The molecule has 2 aromatic carbocycles. The minimum atomic E-state index is -4.99. The van der Waals surface area contributed by atoms with Gasteiger partial charge in [-0.05, 0) is 43.5 Å². The zero-order valence-electron chi connectivity index (χ0n) is 15.5. The Kier molecular flexibility index (Phi) is 5.59. The maximum Gasteiger partial charge on any atom is 0.421 e. The summed E-state index contributed by atoms with van der Waals surface area (Å²) < 4.78 is 78.9. The van der Waals surface area contributed by atoms with Crippen LogP contribution >= 0.6 is 0 Å². The third-order valence-corrected chi connectivity index (χ3v) is 4.80. The Morgan fingerprint density at radius 3 is 1.28 bits per heavy atom. The number of aliphatic hydroxyl groups is 2. The van der Waals surface area contributed by atoms with Crippen LogP contribution in [0.25, 0.3) is 0 Å². The highest BCUT2D eigenvalue weighted by molar-refractivity contribution is 5.55. The van der Waals surface area contributed by atoms with Crippen LogP contribution in [-0.2, 0) is 17.6 Å². The van der Waals surface area contributed by atoms with E-state index in [1.54, 1.807) is 0 Å². The van der Waals surface area contributed by atoms with E-state index in [1.807, 2.05) is 0 Å². The van der Waals surface area contributed by atoms with Crippen LogP contribution in [-0.4, -0.2) is 22.6 Å². The highest BCUT2D eigenvalue weighted by atomic mass is 19.4. The quantitative estimate of drug-likeness (QED) is 0.443. The summed E-state index contributed by atoms with van der Waals surface area (Å²) in [5, 5.41) is 19.8. The van der Waals surface area contributed by atoms with E-state index in [-0.39, 0.29) is 28.9 Å². The normalized spacial score (nSPS) is 16.9. The Balaban J connectivity index is 2.47. The predicted molar refractivity (Wildman–Crippen MR) is 95.8 cm³/mol. The van der Waals surface area contributed by atoms with Crippen LogP contribution < -0.4 is 11.5 Å². The number of benzene rings is 2. The van der Waals surface area contributed by atoms with Gasteiger partial charge in [0, 0.05) is 22.5 Å². The average Bonchev–Trinajstić information content (AvgIpc) is 2.56. The fraction of sp³-hybridized carbons (Fsp3) is 0.368. The van der Waals surface area contributed by atoms with Crippen molar-refractivity contribution in [2.24, 2.45) is 0 Å². The van der Waals surface area contributed by atoms with E-state index in [1.165, 1.54) is 24.3 Å². The van der Waals surface area contributed by atoms with Gasteiger partial charge >= 0.3 is 12.4 Å². The van der Waals surface area contributed by atoms with Crippen LogP contribution in [0.1, 0.15) is 36.1 Å². The first-order chi connectivity index (χ1) is 13.0. The Morgan fingerprint density at radius 2 is 1.00 bits per heavy atom. The van der Waals surface area contributed by atoms with Crippen molar-refractivity contribution in [2.75, 3.05) is 11.5 Å². The first-order valence-corrected chi connectivity index (χ1v) is 8.34. The topological polar surface area (TPSA) is 92.5 Å². The fourth-order valence-electron chi connectivity index (χ4n) is 2.81. The fourth-order valence-corrected chi connectivity index (χ4v) is 2.81. The van der Waals surface area contributed by atoms with E-state index >= 15 is 0 Å². The summed E-state index contributed by atoms with van der Waals surface area (Å²) in [7, 11) is 0. The molecular weight excluding hydrogens is 402 g/mol. The number of hydrogen-bond acceptors (Lipinski definition) is 4. The van der Waals surface area contributed by atoms with Gasteiger partial charge in [-0.3, -0.25) is 0 Å². The van der Waals surface area contributed by atoms with Crippen LogP contribution in [0.5, 0.6) is 0 Å². The van der Waals surface area contributed by atoms with Crippen molar-refractivity contribution < 1.29 is 36.6 Å². The van der Waals surface area contributed by atoms with E-state index in [0.29, 0.717) is 13.8 Å². The Morgan fingerprint density at radius 1 is 0.690 bits per heavy atom. The first kappa shape index (κ1) is 22.8. The monoisotopic (exact) mass is 422 g/mol. The van der Waals surface area contributed by atoms with Gasteiger partial charge in [-0.25, -0.2) is 0 Å². The van der Waals surface area contributed by atoms with Crippen LogP contribution in [0.3, 0.4) is 0 Å². The lowest BCUT2D eigenvalue weighted by atomic mass is 9.89. The van der Waals surface area contributed by atoms with Gasteiger partial charge in [0.25, 0.3) is 0 Å². The average molecular weight is 422 g/mol. The van der Waals surface area contributed by atoms with E-state index in [9.17, 15) is 36.6 Å². The number of halogens is 6. The minimum Gasteiger partial charge on any atom is -0.398 e. The van der Waals surface area contributed by atoms with Gasteiger partial charge in [-0.15, -0.1) is 0 Å². The number of nitrogen functional groups attached to an aromatic ring is 2. The second-order valence-electron chi connectivity index (χ2n) is 7.16. The molecule has 0 radical (unpaired) electrons. The number of anilines is 2. The van der Waals surface area contributed by atoms with Gasteiger partial charge in [0.15, 0.2) is 11.2 Å². The molecule has 6 N–H and O–H groups in total. The van der Waals surface area contributed by atoms with Crippen molar-refractivity contribution in [3.8, 4) is 0 Å². The van der Waals surface area contributed by atoms with Crippen molar-refractivity contribution in [1.29, 1.82) is 0 Å². The molecule has 4 nitrogen and oxygen atoms in total. The molecule has 0 aliphatic carbocycles. The lowest BCUT2D eigenvalue weighted by Crippen LogP contribution is -2.40. The van der Waals surface area contributed by atoms with Gasteiger partial charge in [0.05, 0.1) is 0 Å². The molecule has 160 valence electrons. The van der Waals surface area contributed by atoms with Crippen molar-refractivity contribution in [3.63, 3.8) is 0 Å². The van der Waals surface area contributed by atoms with Crippen molar-refractivity contribution in [3.05, 3.63) is 58.7 Å². The van der Waals surface area contributed by atoms with E-state index in [4.69, 9.17) is 11.5 Å². The molecule has 0 aromatic heterocycles. The van der Waals surface area contributed by atoms with Crippen molar-refractivity contribution in [1.82, 2.24) is 0 Å². The molecule has 0 bridgehead atoms. The highest BCUT2D eigenvalue weighted by Crippen LogP contribution is 2.42. The third kappa shape index (κ3) is 4.27. The molecule has 0 saturated carbocycles. The van der Waals surface area contributed by atoms with E-state index < -0.39 is 34.7 Å². The molecule has 0 heterocycles. The highest BCUT2D eigenvalue weighted by Gasteiger charge is 2.53. The maximum absolute atomic E-state index is 13.1. The lowest BCUT2D eigenvalue weighted by Gasteiger charge is -2.29. The third-order valence-electron chi connectivity index (χ3n) is 4.80. The summed E-state index contributed by atoms with van der Waals surface area (Å²) in [5.41, 5.74) is 3.57. The van der Waals surface area contributed by atoms with Crippen LogP contribution in [0, 0.1) is 0 Å². The molecule has 10 heteroatoms. The predicted octanol–water partition coefficient (Wildman–Crippen LogP) is 3.98. The molecular formula is C19H20F6N2O2. The maximum atomic E-state index is 13.1. The van der Waals surface area contributed by atoms with Gasteiger partial charge in [0.2, 0.25) is 0 Å². The summed E-state index contributed by atoms with van der Waals surface area (Å²) >= 11 is 0. The second-order valence-corrected chi connectivity index (χ2v) is 7.16. The number of nitrogens with two attached hydrogens (primary N) is 2. The Labute approximate surface area is 162 Å². The summed E-state index contributed by atoms with van der Waals surface area (Å²) in [6, 6.07) is 7.22. The van der Waals surface area contributed by atoms with Gasteiger partial charge in [-0.2, -0.15) is 26.3 Å². The molecule has 2 unspecified atom stereocenters. The second kappa shape index (κ2) is 7.10. The standard InChI is InChI=1S/C19H20F6N2O2/c1-16(28,18(20,21)22)12-8-10(3-5-14(12)26)7-11-4-6-15(27)13(9-11)17(2,29)19(23,24)25/h3-6,8-9,28-29H,7,26-27H2,1-2H3. The van der Waals surface area contributed by atoms with Crippen LogP contribution in [0.2, 0.25) is 0 Å². The van der Waals surface area contributed by atoms with Gasteiger partial charge < -0.3 is 21.7 Å². The van der Waals surface area contributed by atoms with Crippen LogP contribution in [0.4, 0.5) is 37.7 Å². The molecule has 0 amide bonds. The summed E-state index contributed by atoms with van der Waals surface area (Å²) in [6.07, 6.45) is -10.1. The molecule has 29 heavy (non-hydrogen) atoms. The van der Waals surface area contributed by atoms with Gasteiger partial charge in [-0.1, -0.05) is 24.3 Å². The zero-order valence-corrected chi connectivity index (χ0v) is 15.5. The Hall–Kier alpha value is -2.46. The molecule has 0 spiro atoms. The largest absolute Gasteiger partial charge is 0.421 e. The molecule has 2 rings (SSSR count). The molecule has 0 fully saturated rings. The first-order valence-electron chi connectivity index (χ1n) is 8.34. The number of rotatable bonds is 4. The SMILES string of the molecule is CC(O)(c1cc(Cc2ccc(N)c(C(C)(O)C(F)(F)F)c2)ccc1N)C(F)(F)F. The Bertz CT molecular complexity index is 831. The van der Waals surface area contributed by atoms with Crippen LogP contribution in [0.15, 0.2) is 36.4 Å². The van der Waals surface area contributed by atoms with Crippen molar-refractivity contribution >= 4 is 11.4 Å². The summed E-state index contributed by atoms with van der Waals surface area (Å²) in [4.78, 5) is 0. The molecule has 2 atom stereocenters. The molecule has 0 saturated heterocycles. The molecule has 2 aromatic rings. The van der Waals surface area contributed by atoms with Gasteiger partial charge in [0.1, 0.15) is 0 Å². The summed E-state index contributed by atoms with van der Waals surface area (Å²) in [5.74, 6) is 0. The molecule has 0 aliphatic rings. The lowest BCUT2D eigenvalue weighted by molar-refractivity contribution is -0.258. The minimum absolute atomic E-state index is 0.0809. The van der Waals surface area contributed by atoms with Crippen molar-refractivity contribution in [2.45, 2.75) is 43.8 Å². The van der Waals surface area contributed by atoms with E-state index in [2.05, 4.69) is 0 Å². The summed E-state index contributed by atoms with van der Waals surface area (Å²) in [6.45, 7) is 1.12. The smallest absolute Gasteiger partial charge is 0.398 e. The van der Waals surface area contributed by atoms with E-state index in [0.717, 1.165) is 12.1 Å². The molecule has 0 aliphatic heterocycles.